The molecule has 1 aliphatic carbocycles. The molecule has 5 nitrogen and oxygen atoms in total. The van der Waals surface area contributed by atoms with E-state index in [2.05, 4.69) is 34.4 Å². The lowest BCUT2D eigenvalue weighted by atomic mass is 9.99. The normalized spacial score (nSPS) is 16.7. The minimum absolute atomic E-state index is 0.140. The van der Waals surface area contributed by atoms with Gasteiger partial charge in [-0.2, -0.15) is 0 Å². The van der Waals surface area contributed by atoms with Crippen molar-refractivity contribution in [3.63, 3.8) is 0 Å². The van der Waals surface area contributed by atoms with Crippen LogP contribution < -0.4 is 10.6 Å². The number of aryl methyl sites for hydroxylation is 2. The van der Waals surface area contributed by atoms with E-state index in [0.717, 1.165) is 17.8 Å². The van der Waals surface area contributed by atoms with E-state index < -0.39 is 0 Å². The number of nitrogens with one attached hydrogen (secondary N) is 2. The number of carbonyl (C=O) groups excluding carboxylic acids is 2. The predicted molar refractivity (Wildman–Crippen MR) is 91.7 cm³/mol. The van der Waals surface area contributed by atoms with Crippen LogP contribution in [0.4, 0.5) is 11.4 Å². The van der Waals surface area contributed by atoms with Gasteiger partial charge < -0.3 is 15.4 Å². The van der Waals surface area contributed by atoms with Crippen LogP contribution in [-0.2, 0) is 20.7 Å². The highest BCUT2D eigenvalue weighted by atomic mass is 16.5. The molecule has 3 rings (SSSR count). The second-order valence-corrected chi connectivity index (χ2v) is 6.07. The Bertz CT molecular complexity index is 551. The third kappa shape index (κ3) is 4.98. The fraction of sp³-hybridized carbons (Fsp3) is 0.556. The SMILES string of the molecule is CCOC=O.Cc1cc2c(c(NC3CCCC3)c1)NC(=O)CC2. The molecule has 2 aliphatic rings. The fourth-order valence-electron chi connectivity index (χ4n) is 3.13. The Labute approximate surface area is 137 Å². The number of fused-ring (bicyclic) bond motifs is 1. The highest BCUT2D eigenvalue weighted by Gasteiger charge is 2.21. The molecule has 1 amide bonds. The summed E-state index contributed by atoms with van der Waals surface area (Å²) >= 11 is 0. The molecular weight excluding hydrogens is 292 g/mol. The van der Waals surface area contributed by atoms with E-state index >= 15 is 0 Å². The maximum Gasteiger partial charge on any atom is 0.293 e. The van der Waals surface area contributed by atoms with Crippen LogP contribution in [0.25, 0.3) is 0 Å². The highest BCUT2D eigenvalue weighted by Crippen LogP contribution is 2.34. The summed E-state index contributed by atoms with van der Waals surface area (Å²) in [6.45, 7) is 4.79. The van der Waals surface area contributed by atoms with Crippen LogP contribution in [0, 0.1) is 6.92 Å². The van der Waals surface area contributed by atoms with Gasteiger partial charge in [-0.15, -0.1) is 0 Å². The lowest BCUT2D eigenvalue weighted by molar-refractivity contribution is -0.128. The number of carbonyl (C=O) groups is 2. The molecule has 126 valence electrons. The van der Waals surface area contributed by atoms with Crippen molar-refractivity contribution in [2.75, 3.05) is 17.2 Å². The number of benzene rings is 1. The lowest BCUT2D eigenvalue weighted by Crippen LogP contribution is -2.23. The summed E-state index contributed by atoms with van der Waals surface area (Å²) in [5.74, 6) is 0.140. The fourth-order valence-corrected chi connectivity index (χ4v) is 3.13. The first-order valence-corrected chi connectivity index (χ1v) is 8.39. The summed E-state index contributed by atoms with van der Waals surface area (Å²) in [6.07, 6.45) is 6.60. The van der Waals surface area contributed by atoms with E-state index in [-0.39, 0.29) is 5.91 Å². The second kappa shape index (κ2) is 8.56. The molecule has 1 heterocycles. The van der Waals surface area contributed by atoms with Gasteiger partial charge in [-0.3, -0.25) is 9.59 Å². The number of ether oxygens (including phenoxy) is 1. The van der Waals surface area contributed by atoms with Crippen molar-refractivity contribution in [2.45, 2.75) is 58.4 Å². The topological polar surface area (TPSA) is 67.4 Å². The molecule has 23 heavy (non-hydrogen) atoms. The molecular formula is C18H26N2O3. The Balaban J connectivity index is 0.000000338. The molecule has 5 heteroatoms. The van der Waals surface area contributed by atoms with Crippen LogP contribution in [0.2, 0.25) is 0 Å². The van der Waals surface area contributed by atoms with Gasteiger partial charge in [0.2, 0.25) is 5.91 Å². The number of anilines is 2. The zero-order valence-electron chi connectivity index (χ0n) is 14.0. The molecule has 1 aromatic rings. The molecule has 0 unspecified atom stereocenters. The van der Waals surface area contributed by atoms with Crippen molar-refractivity contribution in [1.29, 1.82) is 0 Å². The summed E-state index contributed by atoms with van der Waals surface area (Å²) in [4.78, 5) is 20.7. The van der Waals surface area contributed by atoms with Gasteiger partial charge >= 0.3 is 0 Å². The maximum absolute atomic E-state index is 11.6. The minimum Gasteiger partial charge on any atom is -0.468 e. The number of hydrogen-bond donors (Lipinski definition) is 2. The molecule has 1 aromatic carbocycles. The molecule has 0 bridgehead atoms. The van der Waals surface area contributed by atoms with Gasteiger partial charge in [0.1, 0.15) is 0 Å². The van der Waals surface area contributed by atoms with Crippen LogP contribution >= 0.6 is 0 Å². The maximum atomic E-state index is 11.6. The van der Waals surface area contributed by atoms with Crippen molar-refractivity contribution >= 4 is 23.8 Å². The van der Waals surface area contributed by atoms with Crippen molar-refractivity contribution in [1.82, 2.24) is 0 Å². The zero-order chi connectivity index (χ0) is 16.7. The van der Waals surface area contributed by atoms with Crippen molar-refractivity contribution < 1.29 is 14.3 Å². The van der Waals surface area contributed by atoms with Crippen LogP contribution in [0.3, 0.4) is 0 Å². The van der Waals surface area contributed by atoms with Gasteiger partial charge in [0.25, 0.3) is 6.47 Å². The standard InChI is InChI=1S/C15H20N2O.C3H6O2/c1-10-8-11-6-7-14(18)17-15(11)13(9-10)16-12-4-2-3-5-12;1-2-5-3-4/h8-9,12,16H,2-7H2,1H3,(H,17,18);3H,2H2,1H3. The average Bonchev–Trinajstić information content (AvgIpc) is 3.02. The Morgan fingerprint density at radius 2 is 2.04 bits per heavy atom. The largest absolute Gasteiger partial charge is 0.468 e. The molecule has 0 radical (unpaired) electrons. The Kier molecular flexibility index (Phi) is 6.44. The first-order chi connectivity index (χ1) is 11.1. The Morgan fingerprint density at radius 1 is 1.30 bits per heavy atom. The number of rotatable bonds is 4. The van der Waals surface area contributed by atoms with E-state index in [0.29, 0.717) is 25.5 Å². The van der Waals surface area contributed by atoms with Crippen molar-refractivity contribution in [2.24, 2.45) is 0 Å². The van der Waals surface area contributed by atoms with Gasteiger partial charge in [0.15, 0.2) is 0 Å². The van der Waals surface area contributed by atoms with E-state index in [9.17, 15) is 9.59 Å². The smallest absolute Gasteiger partial charge is 0.293 e. The molecule has 0 spiro atoms. The van der Waals surface area contributed by atoms with E-state index in [1.54, 1.807) is 6.92 Å². The quantitative estimate of drug-likeness (QED) is 0.835. The summed E-state index contributed by atoms with van der Waals surface area (Å²) in [6, 6.07) is 4.92. The van der Waals surface area contributed by atoms with Gasteiger partial charge in [-0.25, -0.2) is 0 Å². The zero-order valence-corrected chi connectivity index (χ0v) is 14.0. The third-order valence-electron chi connectivity index (χ3n) is 4.20. The summed E-state index contributed by atoms with van der Waals surface area (Å²) in [5, 5.41) is 6.64. The summed E-state index contributed by atoms with van der Waals surface area (Å²) < 4.78 is 4.15. The second-order valence-electron chi connectivity index (χ2n) is 6.07. The van der Waals surface area contributed by atoms with E-state index in [1.807, 2.05) is 0 Å². The van der Waals surface area contributed by atoms with Crippen molar-refractivity contribution in [3.05, 3.63) is 23.3 Å². The minimum atomic E-state index is 0.140. The summed E-state index contributed by atoms with van der Waals surface area (Å²) in [7, 11) is 0. The van der Waals surface area contributed by atoms with Crippen LogP contribution in [0.1, 0.15) is 50.2 Å². The molecule has 0 saturated heterocycles. The molecule has 0 aromatic heterocycles. The number of amides is 1. The molecule has 1 aliphatic heterocycles. The summed E-state index contributed by atoms with van der Waals surface area (Å²) in [5.41, 5.74) is 4.68. The Hall–Kier alpha value is -2.04. The van der Waals surface area contributed by atoms with Gasteiger partial charge in [-0.05, 0) is 50.3 Å². The van der Waals surface area contributed by atoms with Crippen LogP contribution in [-0.4, -0.2) is 25.0 Å². The van der Waals surface area contributed by atoms with Crippen molar-refractivity contribution in [3.8, 4) is 0 Å². The molecule has 2 N–H and O–H groups in total. The molecule has 0 atom stereocenters. The predicted octanol–water partition coefficient (Wildman–Crippen LogP) is 3.41. The van der Waals surface area contributed by atoms with Crippen LogP contribution in [0.5, 0.6) is 0 Å². The van der Waals surface area contributed by atoms with Crippen LogP contribution in [0.15, 0.2) is 12.1 Å². The lowest BCUT2D eigenvalue weighted by Gasteiger charge is -2.24. The van der Waals surface area contributed by atoms with Gasteiger partial charge in [0, 0.05) is 12.5 Å². The average molecular weight is 318 g/mol. The highest BCUT2D eigenvalue weighted by molar-refractivity contribution is 5.98. The first kappa shape index (κ1) is 17.3. The van der Waals surface area contributed by atoms with E-state index in [1.165, 1.54) is 36.8 Å². The van der Waals surface area contributed by atoms with Gasteiger partial charge in [-0.1, -0.05) is 18.9 Å². The molecule has 1 saturated carbocycles. The van der Waals surface area contributed by atoms with Gasteiger partial charge in [0.05, 0.1) is 18.0 Å². The molecule has 1 fully saturated rings. The monoisotopic (exact) mass is 318 g/mol. The first-order valence-electron chi connectivity index (χ1n) is 8.39. The third-order valence-corrected chi connectivity index (χ3v) is 4.20. The Morgan fingerprint density at radius 3 is 2.65 bits per heavy atom. The number of hydrogen-bond acceptors (Lipinski definition) is 4. The van der Waals surface area contributed by atoms with E-state index in [4.69, 9.17) is 0 Å².